The third-order valence-corrected chi connectivity index (χ3v) is 4.25. The summed E-state index contributed by atoms with van der Waals surface area (Å²) in [4.78, 5) is 0. The van der Waals surface area contributed by atoms with Gasteiger partial charge in [0.1, 0.15) is 5.75 Å². The monoisotopic (exact) mass is 268 g/mol. The molecule has 1 aromatic rings. The fourth-order valence-corrected chi connectivity index (χ4v) is 3.10. The Morgan fingerprint density at radius 2 is 2.17 bits per heavy atom. The highest BCUT2D eigenvalue weighted by molar-refractivity contribution is 6.32. The lowest BCUT2D eigenvalue weighted by molar-refractivity contribution is 0.0712. The van der Waals surface area contributed by atoms with Crippen molar-refractivity contribution in [3.05, 3.63) is 28.8 Å². The van der Waals surface area contributed by atoms with Crippen LogP contribution in [0.1, 0.15) is 44.3 Å². The average Bonchev–Trinajstić information content (AvgIpc) is 2.38. The van der Waals surface area contributed by atoms with Crippen molar-refractivity contribution in [2.24, 2.45) is 11.8 Å². The molecule has 1 aromatic carbocycles. The second-order valence-electron chi connectivity index (χ2n) is 5.37. The Morgan fingerprint density at radius 3 is 2.83 bits per heavy atom. The standard InChI is InChI=1S/C15H21ClO2/c1-10-4-3-5-11(8-10)15(17)12-6-7-13(16)14(9-12)18-2/h6-7,9-11,15,17H,3-5,8H2,1-2H3. The first kappa shape index (κ1) is 13.7. The van der Waals surface area contributed by atoms with Gasteiger partial charge in [0.15, 0.2) is 0 Å². The zero-order valence-corrected chi connectivity index (χ0v) is 11.8. The highest BCUT2D eigenvalue weighted by Gasteiger charge is 2.26. The maximum absolute atomic E-state index is 10.5. The first-order valence-corrected chi connectivity index (χ1v) is 7.01. The molecule has 1 fully saturated rings. The molecule has 2 rings (SSSR count). The Balaban J connectivity index is 2.14. The molecule has 0 amide bonds. The first-order chi connectivity index (χ1) is 8.61. The normalized spacial score (nSPS) is 25.8. The maximum atomic E-state index is 10.5. The lowest BCUT2D eigenvalue weighted by atomic mass is 9.78. The molecule has 3 atom stereocenters. The number of ether oxygens (including phenoxy) is 1. The van der Waals surface area contributed by atoms with Crippen LogP contribution in [0.15, 0.2) is 18.2 Å². The maximum Gasteiger partial charge on any atom is 0.137 e. The van der Waals surface area contributed by atoms with Gasteiger partial charge in [0.2, 0.25) is 0 Å². The molecule has 1 N–H and O–H groups in total. The minimum Gasteiger partial charge on any atom is -0.495 e. The van der Waals surface area contributed by atoms with Crippen molar-refractivity contribution in [1.29, 1.82) is 0 Å². The highest BCUT2D eigenvalue weighted by atomic mass is 35.5. The van der Waals surface area contributed by atoms with Crippen LogP contribution in [0.2, 0.25) is 5.02 Å². The lowest BCUT2D eigenvalue weighted by Gasteiger charge is -2.30. The van der Waals surface area contributed by atoms with Crippen molar-refractivity contribution in [2.45, 2.75) is 38.7 Å². The van der Waals surface area contributed by atoms with Gasteiger partial charge >= 0.3 is 0 Å². The fourth-order valence-electron chi connectivity index (χ4n) is 2.90. The van der Waals surface area contributed by atoms with Crippen LogP contribution in [0.25, 0.3) is 0 Å². The summed E-state index contributed by atoms with van der Waals surface area (Å²) in [5.74, 6) is 1.71. The highest BCUT2D eigenvalue weighted by Crippen LogP contribution is 2.38. The van der Waals surface area contributed by atoms with Gasteiger partial charge in [0.05, 0.1) is 18.2 Å². The Kier molecular flexibility index (Phi) is 4.52. The molecule has 1 aliphatic rings. The molecule has 0 heterocycles. The molecule has 3 unspecified atom stereocenters. The van der Waals surface area contributed by atoms with Crippen molar-refractivity contribution in [2.75, 3.05) is 7.11 Å². The Morgan fingerprint density at radius 1 is 1.39 bits per heavy atom. The van der Waals surface area contributed by atoms with Crippen LogP contribution in [0.5, 0.6) is 5.75 Å². The van der Waals surface area contributed by atoms with Gasteiger partial charge in [-0.1, -0.05) is 37.4 Å². The zero-order valence-electron chi connectivity index (χ0n) is 11.0. The summed E-state index contributed by atoms with van der Waals surface area (Å²) in [6.07, 6.45) is 4.31. The van der Waals surface area contributed by atoms with Crippen LogP contribution < -0.4 is 4.74 Å². The summed E-state index contributed by atoms with van der Waals surface area (Å²) in [5.41, 5.74) is 0.912. The van der Waals surface area contributed by atoms with Crippen molar-refractivity contribution in [1.82, 2.24) is 0 Å². The van der Waals surface area contributed by atoms with Gasteiger partial charge in [0, 0.05) is 0 Å². The Labute approximate surface area is 114 Å². The number of rotatable bonds is 3. The van der Waals surface area contributed by atoms with Crippen molar-refractivity contribution < 1.29 is 9.84 Å². The number of hydrogen-bond donors (Lipinski definition) is 1. The molecule has 0 aromatic heterocycles. The molecule has 0 saturated heterocycles. The van der Waals surface area contributed by atoms with E-state index in [1.165, 1.54) is 12.8 Å². The van der Waals surface area contributed by atoms with Crippen LogP contribution in [0.3, 0.4) is 0 Å². The molecule has 0 aliphatic heterocycles. The summed E-state index contributed by atoms with van der Waals surface area (Å²) < 4.78 is 5.20. The van der Waals surface area contributed by atoms with Crippen molar-refractivity contribution >= 4 is 11.6 Å². The van der Waals surface area contributed by atoms with Crippen LogP contribution in [0.4, 0.5) is 0 Å². The van der Waals surface area contributed by atoms with Gasteiger partial charge < -0.3 is 9.84 Å². The summed E-state index contributed by atoms with van der Waals surface area (Å²) >= 11 is 6.00. The van der Waals surface area contributed by atoms with E-state index in [0.29, 0.717) is 22.6 Å². The smallest absolute Gasteiger partial charge is 0.137 e. The number of aliphatic hydroxyl groups excluding tert-OH is 1. The lowest BCUT2D eigenvalue weighted by Crippen LogP contribution is -2.20. The van der Waals surface area contributed by atoms with Crippen molar-refractivity contribution in [3.8, 4) is 5.75 Å². The molecule has 1 aliphatic carbocycles. The largest absolute Gasteiger partial charge is 0.495 e. The number of benzene rings is 1. The van der Waals surface area contributed by atoms with E-state index >= 15 is 0 Å². The molecule has 0 spiro atoms. The minimum absolute atomic E-state index is 0.361. The summed E-state index contributed by atoms with van der Waals surface area (Å²) in [6.45, 7) is 2.27. The molecule has 0 radical (unpaired) electrons. The third kappa shape index (κ3) is 2.99. The molecule has 2 nitrogen and oxygen atoms in total. The SMILES string of the molecule is COc1cc(C(O)C2CCCC(C)C2)ccc1Cl. The van der Waals surface area contributed by atoms with Crippen molar-refractivity contribution in [3.63, 3.8) is 0 Å². The van der Waals surface area contributed by atoms with Crippen LogP contribution in [0, 0.1) is 11.8 Å². The third-order valence-electron chi connectivity index (χ3n) is 3.94. The Bertz CT molecular complexity index is 405. The molecule has 18 heavy (non-hydrogen) atoms. The van der Waals surface area contributed by atoms with E-state index in [1.807, 2.05) is 12.1 Å². The first-order valence-electron chi connectivity index (χ1n) is 6.63. The van der Waals surface area contributed by atoms with Crippen LogP contribution >= 0.6 is 11.6 Å². The second kappa shape index (κ2) is 5.94. The molecular formula is C15H21ClO2. The molecule has 0 bridgehead atoms. The Hall–Kier alpha value is -0.730. The number of aliphatic hydroxyl groups is 1. The predicted molar refractivity (Wildman–Crippen MR) is 74.1 cm³/mol. The zero-order chi connectivity index (χ0) is 13.1. The summed E-state index contributed by atoms with van der Waals surface area (Å²) in [6, 6.07) is 5.55. The van der Waals surface area contributed by atoms with E-state index in [2.05, 4.69) is 6.92 Å². The topological polar surface area (TPSA) is 29.5 Å². The van der Waals surface area contributed by atoms with E-state index in [4.69, 9.17) is 16.3 Å². The quantitative estimate of drug-likeness (QED) is 0.890. The van der Waals surface area contributed by atoms with Gasteiger partial charge in [-0.05, 0) is 42.4 Å². The van der Waals surface area contributed by atoms with Gasteiger partial charge in [-0.2, -0.15) is 0 Å². The number of hydrogen-bond acceptors (Lipinski definition) is 2. The van der Waals surface area contributed by atoms with E-state index in [9.17, 15) is 5.11 Å². The fraction of sp³-hybridized carbons (Fsp3) is 0.600. The van der Waals surface area contributed by atoms with E-state index in [-0.39, 0.29) is 0 Å². The molecular weight excluding hydrogens is 248 g/mol. The second-order valence-corrected chi connectivity index (χ2v) is 5.78. The summed E-state index contributed by atoms with van der Waals surface area (Å²) in [7, 11) is 1.60. The molecule has 1 saturated carbocycles. The van der Waals surface area contributed by atoms with E-state index < -0.39 is 6.10 Å². The molecule has 100 valence electrons. The summed E-state index contributed by atoms with van der Waals surface area (Å²) in [5, 5.41) is 11.1. The van der Waals surface area contributed by atoms with Gasteiger partial charge in [0.25, 0.3) is 0 Å². The van der Waals surface area contributed by atoms with E-state index in [1.54, 1.807) is 13.2 Å². The van der Waals surface area contributed by atoms with E-state index in [0.717, 1.165) is 18.4 Å². The van der Waals surface area contributed by atoms with Gasteiger partial charge in [-0.25, -0.2) is 0 Å². The molecule has 3 heteroatoms. The average molecular weight is 269 g/mol. The van der Waals surface area contributed by atoms with Gasteiger partial charge in [-0.15, -0.1) is 0 Å². The van der Waals surface area contributed by atoms with Crippen LogP contribution in [-0.4, -0.2) is 12.2 Å². The van der Waals surface area contributed by atoms with Gasteiger partial charge in [-0.3, -0.25) is 0 Å². The number of halogens is 1. The predicted octanol–water partition coefficient (Wildman–Crippen LogP) is 4.21. The minimum atomic E-state index is -0.404. The van der Waals surface area contributed by atoms with Crippen LogP contribution in [-0.2, 0) is 0 Å². The number of methoxy groups -OCH3 is 1.